The first-order valence-corrected chi connectivity index (χ1v) is 11.2. The Morgan fingerprint density at radius 3 is 2.44 bits per heavy atom. The molecular formula is C25H26F3N5O. The molecule has 1 fully saturated rings. The van der Waals surface area contributed by atoms with Crippen LogP contribution < -0.4 is 10.2 Å². The molecule has 0 aliphatic carbocycles. The lowest BCUT2D eigenvalue weighted by molar-refractivity contribution is -0.138. The number of rotatable bonds is 5. The van der Waals surface area contributed by atoms with E-state index >= 15 is 0 Å². The van der Waals surface area contributed by atoms with Crippen LogP contribution in [0.3, 0.4) is 0 Å². The molecule has 4 rings (SSSR count). The van der Waals surface area contributed by atoms with E-state index in [2.05, 4.69) is 25.4 Å². The number of benzene rings is 1. The quantitative estimate of drug-likeness (QED) is 0.580. The minimum Gasteiger partial charge on any atom is -0.355 e. The molecule has 6 nitrogen and oxygen atoms in total. The van der Waals surface area contributed by atoms with Crippen molar-refractivity contribution >= 4 is 11.7 Å². The third-order valence-electron chi connectivity index (χ3n) is 6.38. The van der Waals surface area contributed by atoms with Crippen LogP contribution in [0.1, 0.15) is 39.9 Å². The van der Waals surface area contributed by atoms with Crippen molar-refractivity contribution in [1.82, 2.24) is 20.5 Å². The highest BCUT2D eigenvalue weighted by atomic mass is 19.4. The van der Waals surface area contributed by atoms with Gasteiger partial charge in [0.15, 0.2) is 5.82 Å². The summed E-state index contributed by atoms with van der Waals surface area (Å²) in [5, 5.41) is 11.6. The summed E-state index contributed by atoms with van der Waals surface area (Å²) in [6, 6.07) is 10.8. The van der Waals surface area contributed by atoms with Gasteiger partial charge in [0.1, 0.15) is 0 Å². The third kappa shape index (κ3) is 5.03. The molecule has 1 aliphatic rings. The van der Waals surface area contributed by atoms with Crippen molar-refractivity contribution in [2.45, 2.75) is 32.9 Å². The molecule has 3 heterocycles. The van der Waals surface area contributed by atoms with Crippen molar-refractivity contribution < 1.29 is 18.0 Å². The van der Waals surface area contributed by atoms with Gasteiger partial charge in [-0.15, -0.1) is 10.2 Å². The summed E-state index contributed by atoms with van der Waals surface area (Å²) in [7, 11) is 0. The molecule has 0 spiro atoms. The van der Waals surface area contributed by atoms with Gasteiger partial charge >= 0.3 is 6.18 Å². The van der Waals surface area contributed by atoms with Crippen LogP contribution >= 0.6 is 0 Å². The highest BCUT2D eigenvalue weighted by molar-refractivity contribution is 5.95. The summed E-state index contributed by atoms with van der Waals surface area (Å²) in [5.41, 5.74) is 2.64. The summed E-state index contributed by atoms with van der Waals surface area (Å²) < 4.78 is 39.5. The number of nitrogens with one attached hydrogen (secondary N) is 1. The van der Waals surface area contributed by atoms with Gasteiger partial charge in [-0.3, -0.25) is 9.78 Å². The summed E-state index contributed by atoms with van der Waals surface area (Å²) in [4.78, 5) is 18.3. The van der Waals surface area contributed by atoms with Crippen LogP contribution in [0.25, 0.3) is 11.3 Å². The number of alkyl halides is 3. The Labute approximate surface area is 196 Å². The van der Waals surface area contributed by atoms with Gasteiger partial charge in [-0.05, 0) is 49.8 Å². The van der Waals surface area contributed by atoms with Gasteiger partial charge < -0.3 is 10.2 Å². The molecule has 0 unspecified atom stereocenters. The first-order chi connectivity index (χ1) is 16.3. The maximum atomic E-state index is 13.2. The van der Waals surface area contributed by atoms with Gasteiger partial charge in [-0.2, -0.15) is 13.2 Å². The molecule has 34 heavy (non-hydrogen) atoms. The number of carbonyl (C=O) groups excluding carboxylic acids is 1. The Morgan fingerprint density at radius 1 is 1.06 bits per heavy atom. The molecule has 3 aromatic rings. The molecule has 0 bridgehead atoms. The lowest BCUT2D eigenvalue weighted by Crippen LogP contribution is -2.39. The molecule has 1 N–H and O–H groups in total. The highest BCUT2D eigenvalue weighted by Crippen LogP contribution is 2.32. The van der Waals surface area contributed by atoms with Gasteiger partial charge in [0.05, 0.1) is 16.8 Å². The second-order valence-corrected chi connectivity index (χ2v) is 8.55. The maximum Gasteiger partial charge on any atom is 0.417 e. The average molecular weight is 470 g/mol. The zero-order valence-electron chi connectivity index (χ0n) is 19.1. The van der Waals surface area contributed by atoms with Crippen molar-refractivity contribution in [1.29, 1.82) is 0 Å². The fourth-order valence-electron chi connectivity index (χ4n) is 4.27. The minimum absolute atomic E-state index is 0.171. The predicted molar refractivity (Wildman–Crippen MR) is 123 cm³/mol. The molecule has 0 radical (unpaired) electrons. The number of piperidine rings is 1. The molecule has 0 saturated carbocycles. The first-order valence-electron chi connectivity index (χ1n) is 11.2. The van der Waals surface area contributed by atoms with E-state index in [1.807, 2.05) is 44.2 Å². The normalized spacial score (nSPS) is 14.8. The standard InChI is InChI=1S/C25H26F3N5O/c1-16-17(2)23(32-31-22(16)19-6-4-3-5-7-19)33-12-9-18(10-13-33)14-30-24(34)20-15-29-11-8-21(20)25(26,27)28/h3-8,11,15,18H,9-10,12-14H2,1-2H3,(H,30,34). The van der Waals surface area contributed by atoms with Crippen LogP contribution in [-0.2, 0) is 6.18 Å². The summed E-state index contributed by atoms with van der Waals surface area (Å²) >= 11 is 0. The SMILES string of the molecule is Cc1c(-c2ccccc2)nnc(N2CCC(CNC(=O)c3cnccc3C(F)(F)F)CC2)c1C. The summed E-state index contributed by atoms with van der Waals surface area (Å²) in [5.74, 6) is 0.269. The van der Waals surface area contributed by atoms with Crippen LogP contribution in [0.5, 0.6) is 0 Å². The Kier molecular flexibility index (Phi) is 6.81. The Balaban J connectivity index is 1.36. The van der Waals surface area contributed by atoms with Gasteiger partial charge in [0.2, 0.25) is 0 Å². The number of carbonyl (C=O) groups is 1. The Morgan fingerprint density at radius 2 is 1.76 bits per heavy atom. The number of anilines is 1. The van der Waals surface area contributed by atoms with Gasteiger partial charge in [0.25, 0.3) is 5.91 Å². The topological polar surface area (TPSA) is 71.0 Å². The lowest BCUT2D eigenvalue weighted by atomic mass is 9.95. The van der Waals surface area contributed by atoms with E-state index < -0.39 is 23.2 Å². The van der Waals surface area contributed by atoms with Gasteiger partial charge in [-0.1, -0.05) is 30.3 Å². The molecule has 178 valence electrons. The number of pyridine rings is 1. The molecule has 1 aliphatic heterocycles. The average Bonchev–Trinajstić information content (AvgIpc) is 2.84. The second-order valence-electron chi connectivity index (χ2n) is 8.55. The van der Waals surface area contributed by atoms with E-state index in [4.69, 9.17) is 0 Å². The Bertz CT molecular complexity index is 1160. The number of amides is 1. The van der Waals surface area contributed by atoms with E-state index in [-0.39, 0.29) is 5.92 Å². The highest BCUT2D eigenvalue weighted by Gasteiger charge is 2.35. The second kappa shape index (κ2) is 9.79. The van der Waals surface area contributed by atoms with Crippen molar-refractivity contribution in [3.63, 3.8) is 0 Å². The molecule has 0 atom stereocenters. The van der Waals surface area contributed by atoms with Crippen molar-refractivity contribution in [3.05, 3.63) is 71.0 Å². The molecule has 1 amide bonds. The van der Waals surface area contributed by atoms with Gasteiger partial charge in [0, 0.05) is 37.6 Å². The first kappa shape index (κ1) is 23.7. The predicted octanol–water partition coefficient (Wildman–Crippen LogP) is 4.82. The van der Waals surface area contributed by atoms with E-state index in [1.165, 1.54) is 0 Å². The molecule has 1 aromatic carbocycles. The fourth-order valence-corrected chi connectivity index (χ4v) is 4.27. The third-order valence-corrected chi connectivity index (χ3v) is 6.38. The largest absolute Gasteiger partial charge is 0.417 e. The molecule has 1 saturated heterocycles. The van der Waals surface area contributed by atoms with Gasteiger partial charge in [-0.25, -0.2) is 0 Å². The summed E-state index contributed by atoms with van der Waals surface area (Å²) in [6.45, 7) is 5.88. The van der Waals surface area contributed by atoms with Crippen LogP contribution in [0.15, 0.2) is 48.8 Å². The smallest absolute Gasteiger partial charge is 0.355 e. The Hall–Kier alpha value is -3.49. The summed E-state index contributed by atoms with van der Waals surface area (Å²) in [6.07, 6.45) is -1.02. The minimum atomic E-state index is -4.60. The van der Waals surface area contributed by atoms with E-state index in [0.29, 0.717) is 6.54 Å². The van der Waals surface area contributed by atoms with Crippen molar-refractivity contribution in [2.75, 3.05) is 24.5 Å². The van der Waals surface area contributed by atoms with Crippen molar-refractivity contribution in [2.24, 2.45) is 5.92 Å². The number of aromatic nitrogens is 3. The van der Waals surface area contributed by atoms with Crippen LogP contribution in [-0.4, -0.2) is 40.7 Å². The van der Waals surface area contributed by atoms with E-state index in [9.17, 15) is 18.0 Å². The monoisotopic (exact) mass is 469 g/mol. The molecule has 2 aromatic heterocycles. The van der Waals surface area contributed by atoms with Crippen LogP contribution in [0, 0.1) is 19.8 Å². The van der Waals surface area contributed by atoms with Crippen molar-refractivity contribution in [3.8, 4) is 11.3 Å². The molecular weight excluding hydrogens is 443 g/mol. The number of hydrogen-bond acceptors (Lipinski definition) is 5. The number of nitrogens with zero attached hydrogens (tertiary/aromatic N) is 4. The van der Waals surface area contributed by atoms with Crippen LogP contribution in [0.2, 0.25) is 0 Å². The fraction of sp³-hybridized carbons (Fsp3) is 0.360. The zero-order chi connectivity index (χ0) is 24.3. The van der Waals surface area contributed by atoms with E-state index in [1.54, 1.807) is 0 Å². The number of hydrogen-bond donors (Lipinski definition) is 1. The lowest BCUT2D eigenvalue weighted by Gasteiger charge is -2.33. The van der Waals surface area contributed by atoms with E-state index in [0.717, 1.165) is 72.6 Å². The molecule has 9 heteroatoms. The number of halogens is 3. The van der Waals surface area contributed by atoms with Crippen LogP contribution in [0.4, 0.5) is 19.0 Å². The zero-order valence-corrected chi connectivity index (χ0v) is 19.1. The maximum absolute atomic E-state index is 13.2.